The Morgan fingerprint density at radius 1 is 1.16 bits per heavy atom. The number of hydrogen-bond donors (Lipinski definition) is 2. The predicted octanol–water partition coefficient (Wildman–Crippen LogP) is 1.01. The number of aromatic nitrogens is 2. The maximum atomic E-state index is 12.5. The molecule has 1 aliphatic rings. The molecule has 0 aliphatic heterocycles. The van der Waals surface area contributed by atoms with Gasteiger partial charge in [-0.05, 0) is 37.1 Å². The van der Waals surface area contributed by atoms with Crippen LogP contribution in [-0.2, 0) is 4.79 Å². The van der Waals surface area contributed by atoms with Crippen LogP contribution in [0.3, 0.4) is 0 Å². The van der Waals surface area contributed by atoms with Gasteiger partial charge >= 0.3 is 0 Å². The lowest BCUT2D eigenvalue weighted by molar-refractivity contribution is -0.123. The van der Waals surface area contributed by atoms with Gasteiger partial charge in [0.1, 0.15) is 0 Å². The number of primary amides is 1. The van der Waals surface area contributed by atoms with Gasteiger partial charge in [-0.1, -0.05) is 12.8 Å². The molecular weight excluding hydrogens is 320 g/mol. The van der Waals surface area contributed by atoms with Gasteiger partial charge in [0.2, 0.25) is 5.91 Å². The van der Waals surface area contributed by atoms with Gasteiger partial charge in [0.15, 0.2) is 0 Å². The fourth-order valence-electron chi connectivity index (χ4n) is 3.23. The maximum absolute atomic E-state index is 12.5. The molecule has 1 aromatic carbocycles. The zero-order chi connectivity index (χ0) is 17.8. The summed E-state index contributed by atoms with van der Waals surface area (Å²) in [4.78, 5) is 39.5. The smallest absolute Gasteiger partial charge is 0.273 e. The summed E-state index contributed by atoms with van der Waals surface area (Å²) in [6, 6.07) is 6.48. The number of nitrogens with two attached hydrogens (primary N) is 1. The molecule has 3 rings (SSSR count). The summed E-state index contributed by atoms with van der Waals surface area (Å²) in [5, 5.41) is 2.92. The Balaban J connectivity index is 1.74. The molecule has 1 aromatic heterocycles. The first-order valence-electron chi connectivity index (χ1n) is 8.29. The van der Waals surface area contributed by atoms with E-state index in [1.807, 2.05) is 0 Å². The molecule has 7 nitrogen and oxygen atoms in total. The molecule has 2 aromatic rings. The van der Waals surface area contributed by atoms with Gasteiger partial charge in [-0.25, -0.2) is 0 Å². The number of carbonyl (C=O) groups excluding carboxylic acids is 2. The second-order valence-electron chi connectivity index (χ2n) is 6.20. The van der Waals surface area contributed by atoms with Crippen LogP contribution >= 0.6 is 0 Å². The van der Waals surface area contributed by atoms with E-state index in [2.05, 4.69) is 10.3 Å². The summed E-state index contributed by atoms with van der Waals surface area (Å²) in [7, 11) is 0. The van der Waals surface area contributed by atoms with Crippen LogP contribution in [0.25, 0.3) is 5.69 Å². The molecule has 7 heteroatoms. The molecule has 0 saturated heterocycles. The highest BCUT2D eigenvalue weighted by atomic mass is 16.2. The first-order chi connectivity index (χ1) is 12.1. The van der Waals surface area contributed by atoms with Crippen molar-refractivity contribution in [2.24, 2.45) is 11.7 Å². The highest BCUT2D eigenvalue weighted by molar-refractivity contribution is 5.95. The number of hydrogen-bond acceptors (Lipinski definition) is 4. The third-order valence-electron chi connectivity index (χ3n) is 4.58. The average Bonchev–Trinajstić information content (AvgIpc) is 2.62. The van der Waals surface area contributed by atoms with Crippen LogP contribution in [0.15, 0.2) is 47.7 Å². The van der Waals surface area contributed by atoms with Gasteiger partial charge in [-0.2, -0.15) is 0 Å². The molecule has 0 radical (unpaired) electrons. The normalized spacial score (nSPS) is 20.0. The number of rotatable bonds is 4. The number of nitrogens with zero attached hydrogens (tertiary/aromatic N) is 2. The van der Waals surface area contributed by atoms with E-state index in [4.69, 9.17) is 5.73 Å². The molecule has 3 N–H and O–H groups in total. The third-order valence-corrected chi connectivity index (χ3v) is 4.58. The molecule has 2 amide bonds. The minimum Gasteiger partial charge on any atom is -0.369 e. The van der Waals surface area contributed by atoms with Gasteiger partial charge < -0.3 is 11.1 Å². The molecule has 25 heavy (non-hydrogen) atoms. The van der Waals surface area contributed by atoms with Crippen LogP contribution < -0.4 is 16.6 Å². The SMILES string of the molecule is NC(=O)C1CCCCC1NC(=O)c1ccc(-n2ccncc2=O)cc1. The van der Waals surface area contributed by atoms with Gasteiger partial charge in [-0.15, -0.1) is 0 Å². The van der Waals surface area contributed by atoms with Crippen molar-refractivity contribution in [2.45, 2.75) is 31.7 Å². The van der Waals surface area contributed by atoms with E-state index < -0.39 is 0 Å². The molecule has 0 spiro atoms. The lowest BCUT2D eigenvalue weighted by atomic mass is 9.84. The van der Waals surface area contributed by atoms with Gasteiger partial charge in [0, 0.05) is 29.7 Å². The Morgan fingerprint density at radius 2 is 1.88 bits per heavy atom. The predicted molar refractivity (Wildman–Crippen MR) is 92.2 cm³/mol. The van der Waals surface area contributed by atoms with E-state index >= 15 is 0 Å². The number of carbonyl (C=O) groups is 2. The van der Waals surface area contributed by atoms with Gasteiger partial charge in [0.25, 0.3) is 11.5 Å². The quantitative estimate of drug-likeness (QED) is 0.866. The van der Waals surface area contributed by atoms with E-state index in [1.54, 1.807) is 30.5 Å². The summed E-state index contributed by atoms with van der Waals surface area (Å²) >= 11 is 0. The number of benzene rings is 1. The van der Waals surface area contributed by atoms with Gasteiger partial charge in [-0.3, -0.25) is 23.9 Å². The fraction of sp³-hybridized carbons (Fsp3) is 0.333. The molecule has 0 bridgehead atoms. The van der Waals surface area contributed by atoms with Crippen LogP contribution in [0.5, 0.6) is 0 Å². The average molecular weight is 340 g/mol. The monoisotopic (exact) mass is 340 g/mol. The Bertz CT molecular complexity index is 829. The van der Waals surface area contributed by atoms with Crippen LogP contribution in [0, 0.1) is 5.92 Å². The van der Waals surface area contributed by atoms with Crippen molar-refractivity contribution < 1.29 is 9.59 Å². The molecular formula is C18H20N4O3. The van der Waals surface area contributed by atoms with Crippen molar-refractivity contribution in [3.05, 3.63) is 58.8 Å². The second-order valence-corrected chi connectivity index (χ2v) is 6.20. The van der Waals surface area contributed by atoms with Crippen molar-refractivity contribution >= 4 is 11.8 Å². The first-order valence-corrected chi connectivity index (χ1v) is 8.29. The highest BCUT2D eigenvalue weighted by Gasteiger charge is 2.30. The van der Waals surface area contributed by atoms with Gasteiger partial charge in [0.05, 0.1) is 12.1 Å². The van der Waals surface area contributed by atoms with Crippen LogP contribution in [0.2, 0.25) is 0 Å². The first kappa shape index (κ1) is 16.9. The number of nitrogens with one attached hydrogen (secondary N) is 1. The summed E-state index contributed by atoms with van der Waals surface area (Å²) in [6.45, 7) is 0. The molecule has 1 saturated carbocycles. The molecule has 1 heterocycles. The fourth-order valence-corrected chi connectivity index (χ4v) is 3.23. The van der Waals surface area contributed by atoms with Crippen LogP contribution in [-0.4, -0.2) is 27.4 Å². The Morgan fingerprint density at radius 3 is 2.56 bits per heavy atom. The zero-order valence-corrected chi connectivity index (χ0v) is 13.7. The lowest BCUT2D eigenvalue weighted by Crippen LogP contribution is -2.47. The van der Waals surface area contributed by atoms with E-state index in [1.165, 1.54) is 17.0 Å². The zero-order valence-electron chi connectivity index (χ0n) is 13.7. The van der Waals surface area contributed by atoms with Crippen molar-refractivity contribution in [3.63, 3.8) is 0 Å². The molecule has 1 fully saturated rings. The van der Waals surface area contributed by atoms with E-state index in [0.717, 1.165) is 19.3 Å². The minimum atomic E-state index is -0.364. The number of amides is 2. The van der Waals surface area contributed by atoms with Crippen LogP contribution in [0.1, 0.15) is 36.0 Å². The summed E-state index contributed by atoms with van der Waals surface area (Å²) < 4.78 is 1.44. The summed E-state index contributed by atoms with van der Waals surface area (Å²) in [5.74, 6) is -0.920. The van der Waals surface area contributed by atoms with Crippen molar-refractivity contribution in [1.29, 1.82) is 0 Å². The Hall–Kier alpha value is -2.96. The van der Waals surface area contributed by atoms with Crippen LogP contribution in [0.4, 0.5) is 0 Å². The molecule has 2 atom stereocenters. The second kappa shape index (κ2) is 7.29. The summed E-state index contributed by atoms with van der Waals surface area (Å²) in [5.41, 5.74) is 6.32. The maximum Gasteiger partial charge on any atom is 0.273 e. The minimum absolute atomic E-state index is 0.221. The van der Waals surface area contributed by atoms with E-state index in [9.17, 15) is 14.4 Å². The van der Waals surface area contributed by atoms with E-state index in [-0.39, 0.29) is 29.3 Å². The lowest BCUT2D eigenvalue weighted by Gasteiger charge is -2.30. The molecule has 1 aliphatic carbocycles. The third kappa shape index (κ3) is 3.76. The largest absolute Gasteiger partial charge is 0.369 e. The van der Waals surface area contributed by atoms with E-state index in [0.29, 0.717) is 17.7 Å². The van der Waals surface area contributed by atoms with Crippen molar-refractivity contribution in [1.82, 2.24) is 14.9 Å². The van der Waals surface area contributed by atoms with Crippen molar-refractivity contribution in [2.75, 3.05) is 0 Å². The molecule has 2 unspecified atom stereocenters. The Kier molecular flexibility index (Phi) is 4.92. The topological polar surface area (TPSA) is 107 Å². The summed E-state index contributed by atoms with van der Waals surface area (Å²) in [6.07, 6.45) is 7.71. The molecule has 130 valence electrons. The highest BCUT2D eigenvalue weighted by Crippen LogP contribution is 2.24. The standard InChI is InChI=1S/C18H20N4O3/c19-17(24)14-3-1-2-4-15(14)21-18(25)12-5-7-13(8-6-12)22-10-9-20-11-16(22)23/h5-11,14-15H,1-4H2,(H2,19,24)(H,21,25). The Labute approximate surface area is 144 Å². The van der Waals surface area contributed by atoms with Crippen molar-refractivity contribution in [3.8, 4) is 5.69 Å².